The van der Waals surface area contributed by atoms with Gasteiger partial charge in [0.05, 0.1) is 17.9 Å². The number of nitrogens with one attached hydrogen (secondary N) is 1. The highest BCUT2D eigenvalue weighted by Gasteiger charge is 2.16. The number of carbonyl (C=O) groups excluding carboxylic acids is 1. The first-order valence-corrected chi connectivity index (χ1v) is 6.68. The van der Waals surface area contributed by atoms with Crippen molar-refractivity contribution in [2.45, 2.75) is 33.7 Å². The van der Waals surface area contributed by atoms with E-state index in [2.05, 4.69) is 31.0 Å². The van der Waals surface area contributed by atoms with E-state index in [1.807, 2.05) is 26.1 Å². The van der Waals surface area contributed by atoms with Crippen molar-refractivity contribution < 1.29 is 4.79 Å². The van der Waals surface area contributed by atoms with Crippen LogP contribution in [0.1, 0.15) is 26.3 Å². The van der Waals surface area contributed by atoms with E-state index in [1.54, 1.807) is 6.07 Å². The molecular weight excluding hydrogens is 238 g/mol. The Hall–Kier alpha value is -1.55. The summed E-state index contributed by atoms with van der Waals surface area (Å²) in [5.41, 5.74) is 8.18. The number of amides is 1. The second-order valence-corrected chi connectivity index (χ2v) is 5.49. The molecule has 3 N–H and O–H groups in total. The molecule has 0 aliphatic carbocycles. The zero-order valence-electron chi connectivity index (χ0n) is 12.5. The van der Waals surface area contributed by atoms with Gasteiger partial charge in [0.1, 0.15) is 0 Å². The molecule has 0 aliphatic heterocycles. The lowest BCUT2D eigenvalue weighted by Crippen LogP contribution is -2.39. The number of likely N-dealkylation sites (N-methyl/N-ethyl adjacent to an activating group) is 1. The summed E-state index contributed by atoms with van der Waals surface area (Å²) in [5, 5.41) is 2.90. The van der Waals surface area contributed by atoms with Crippen LogP contribution in [-0.4, -0.2) is 30.4 Å². The molecular formula is C15H25N3O. The maximum atomic E-state index is 12.0. The van der Waals surface area contributed by atoms with Gasteiger partial charge in [0.15, 0.2) is 0 Å². The predicted octanol–water partition coefficient (Wildman–Crippen LogP) is 2.49. The number of nitrogen functional groups attached to an aromatic ring is 1. The van der Waals surface area contributed by atoms with Crippen LogP contribution < -0.4 is 11.1 Å². The molecule has 106 valence electrons. The Labute approximate surface area is 116 Å². The molecule has 4 nitrogen and oxygen atoms in total. The van der Waals surface area contributed by atoms with Gasteiger partial charge in [0, 0.05) is 6.04 Å². The summed E-state index contributed by atoms with van der Waals surface area (Å²) in [4.78, 5) is 14.1. The van der Waals surface area contributed by atoms with E-state index in [1.165, 1.54) is 0 Å². The van der Waals surface area contributed by atoms with Crippen molar-refractivity contribution in [3.63, 3.8) is 0 Å². The summed E-state index contributed by atoms with van der Waals surface area (Å²) in [6.07, 6.45) is 0. The SMILES string of the molecule is Cc1cccc(N)c1NC(=O)CN(C)C(C)C(C)C. The topological polar surface area (TPSA) is 58.4 Å². The number of para-hydroxylation sites is 1. The zero-order chi connectivity index (χ0) is 14.6. The van der Waals surface area contributed by atoms with Gasteiger partial charge in [0.25, 0.3) is 0 Å². The van der Waals surface area contributed by atoms with Crippen LogP contribution in [-0.2, 0) is 4.79 Å². The molecule has 0 radical (unpaired) electrons. The first-order valence-electron chi connectivity index (χ1n) is 6.68. The van der Waals surface area contributed by atoms with E-state index in [0.29, 0.717) is 24.2 Å². The Morgan fingerprint density at radius 3 is 2.53 bits per heavy atom. The summed E-state index contributed by atoms with van der Waals surface area (Å²) in [6.45, 7) is 8.73. The van der Waals surface area contributed by atoms with Crippen LogP contribution in [0.2, 0.25) is 0 Å². The second kappa shape index (κ2) is 6.57. The van der Waals surface area contributed by atoms with Crippen LogP contribution >= 0.6 is 0 Å². The molecule has 1 aromatic rings. The number of benzene rings is 1. The first-order chi connectivity index (χ1) is 8.82. The van der Waals surface area contributed by atoms with E-state index in [4.69, 9.17) is 5.73 Å². The molecule has 1 aromatic carbocycles. The Morgan fingerprint density at radius 1 is 1.37 bits per heavy atom. The highest BCUT2D eigenvalue weighted by Crippen LogP contribution is 2.22. The van der Waals surface area contributed by atoms with E-state index >= 15 is 0 Å². The number of hydrogen-bond donors (Lipinski definition) is 2. The smallest absolute Gasteiger partial charge is 0.238 e. The number of nitrogens with zero attached hydrogens (tertiary/aromatic N) is 1. The number of hydrogen-bond acceptors (Lipinski definition) is 3. The van der Waals surface area contributed by atoms with E-state index in [-0.39, 0.29) is 5.91 Å². The minimum absolute atomic E-state index is 0.0315. The molecule has 1 unspecified atom stereocenters. The van der Waals surface area contributed by atoms with Gasteiger partial charge in [0.2, 0.25) is 5.91 Å². The minimum atomic E-state index is -0.0315. The van der Waals surface area contributed by atoms with E-state index in [0.717, 1.165) is 11.3 Å². The lowest BCUT2D eigenvalue weighted by molar-refractivity contribution is -0.117. The van der Waals surface area contributed by atoms with Gasteiger partial charge >= 0.3 is 0 Å². The normalized spacial score (nSPS) is 12.8. The summed E-state index contributed by atoms with van der Waals surface area (Å²) in [6, 6.07) is 5.97. The summed E-state index contributed by atoms with van der Waals surface area (Å²) >= 11 is 0. The molecule has 19 heavy (non-hydrogen) atoms. The monoisotopic (exact) mass is 263 g/mol. The lowest BCUT2D eigenvalue weighted by Gasteiger charge is -2.27. The lowest BCUT2D eigenvalue weighted by atomic mass is 10.1. The summed E-state index contributed by atoms with van der Waals surface area (Å²) < 4.78 is 0. The van der Waals surface area contributed by atoms with Gasteiger partial charge in [-0.1, -0.05) is 26.0 Å². The second-order valence-electron chi connectivity index (χ2n) is 5.49. The summed E-state index contributed by atoms with van der Waals surface area (Å²) in [5.74, 6) is 0.484. The molecule has 0 saturated carbocycles. The third kappa shape index (κ3) is 4.24. The Kier molecular flexibility index (Phi) is 5.36. The molecule has 0 heterocycles. The molecule has 1 amide bonds. The van der Waals surface area contributed by atoms with Crippen molar-refractivity contribution in [3.05, 3.63) is 23.8 Å². The van der Waals surface area contributed by atoms with Crippen LogP contribution in [0.25, 0.3) is 0 Å². The number of rotatable bonds is 5. The molecule has 0 fully saturated rings. The Balaban J connectivity index is 2.66. The first kappa shape index (κ1) is 15.5. The molecule has 0 aromatic heterocycles. The van der Waals surface area contributed by atoms with Gasteiger partial charge < -0.3 is 11.1 Å². The largest absolute Gasteiger partial charge is 0.397 e. The van der Waals surface area contributed by atoms with Crippen LogP contribution in [0.4, 0.5) is 11.4 Å². The Morgan fingerprint density at radius 2 is 2.00 bits per heavy atom. The predicted molar refractivity (Wildman–Crippen MR) is 81.2 cm³/mol. The average molecular weight is 263 g/mol. The van der Waals surface area contributed by atoms with E-state index < -0.39 is 0 Å². The molecule has 1 atom stereocenters. The van der Waals surface area contributed by atoms with Crippen molar-refractivity contribution >= 4 is 17.3 Å². The number of nitrogens with two attached hydrogens (primary N) is 1. The molecule has 0 spiro atoms. The highest BCUT2D eigenvalue weighted by molar-refractivity contribution is 5.96. The fourth-order valence-electron chi connectivity index (χ4n) is 1.92. The highest BCUT2D eigenvalue weighted by atomic mass is 16.2. The van der Waals surface area contributed by atoms with Gasteiger partial charge in [-0.05, 0) is 38.4 Å². The number of carbonyl (C=O) groups is 1. The van der Waals surface area contributed by atoms with Crippen molar-refractivity contribution in [3.8, 4) is 0 Å². The number of aryl methyl sites for hydroxylation is 1. The van der Waals surface area contributed by atoms with Gasteiger partial charge in [-0.2, -0.15) is 0 Å². The summed E-state index contributed by atoms with van der Waals surface area (Å²) in [7, 11) is 1.96. The molecule has 0 saturated heterocycles. The van der Waals surface area contributed by atoms with Gasteiger partial charge in [-0.15, -0.1) is 0 Å². The van der Waals surface area contributed by atoms with Crippen molar-refractivity contribution in [1.29, 1.82) is 0 Å². The number of anilines is 2. The maximum absolute atomic E-state index is 12.0. The van der Waals surface area contributed by atoms with Crippen molar-refractivity contribution in [2.75, 3.05) is 24.6 Å². The van der Waals surface area contributed by atoms with Gasteiger partial charge in [-0.25, -0.2) is 0 Å². The van der Waals surface area contributed by atoms with Crippen LogP contribution in [0, 0.1) is 12.8 Å². The van der Waals surface area contributed by atoms with Crippen LogP contribution in [0.3, 0.4) is 0 Å². The molecule has 1 rings (SSSR count). The zero-order valence-corrected chi connectivity index (χ0v) is 12.5. The fraction of sp³-hybridized carbons (Fsp3) is 0.533. The van der Waals surface area contributed by atoms with Crippen LogP contribution in [0.5, 0.6) is 0 Å². The quantitative estimate of drug-likeness (QED) is 0.802. The van der Waals surface area contributed by atoms with Crippen LogP contribution in [0.15, 0.2) is 18.2 Å². The molecule has 0 aliphatic rings. The third-order valence-electron chi connectivity index (χ3n) is 3.62. The van der Waals surface area contributed by atoms with Gasteiger partial charge in [-0.3, -0.25) is 9.69 Å². The van der Waals surface area contributed by atoms with Crippen molar-refractivity contribution in [2.24, 2.45) is 5.92 Å². The minimum Gasteiger partial charge on any atom is -0.397 e. The third-order valence-corrected chi connectivity index (χ3v) is 3.62. The fourth-order valence-corrected chi connectivity index (χ4v) is 1.92. The standard InChI is InChI=1S/C15H25N3O/c1-10(2)12(4)18(5)9-14(19)17-15-11(3)7-6-8-13(15)16/h6-8,10,12H,9,16H2,1-5H3,(H,17,19). The average Bonchev–Trinajstić information content (AvgIpc) is 2.32. The molecule has 4 heteroatoms. The van der Waals surface area contributed by atoms with E-state index in [9.17, 15) is 4.79 Å². The van der Waals surface area contributed by atoms with Crippen molar-refractivity contribution in [1.82, 2.24) is 4.90 Å². The maximum Gasteiger partial charge on any atom is 0.238 e. The Bertz CT molecular complexity index is 423. The molecule has 0 bridgehead atoms.